The van der Waals surface area contributed by atoms with Gasteiger partial charge in [-0.1, -0.05) is 19.3 Å². The van der Waals surface area contributed by atoms with Crippen LogP contribution in [-0.2, 0) is 19.1 Å². The molecule has 1 N–H and O–H groups in total. The number of ether oxygens (including phenoxy) is 2. The molecular weight excluding hydrogens is 250 g/mol. The highest BCUT2D eigenvalue weighted by molar-refractivity contribution is 5.75. The van der Waals surface area contributed by atoms with Gasteiger partial charge in [-0.05, 0) is 12.8 Å². The first-order valence-electron chi connectivity index (χ1n) is 6.64. The van der Waals surface area contributed by atoms with E-state index in [0.29, 0.717) is 6.42 Å². The Balaban J connectivity index is 2.73. The van der Waals surface area contributed by atoms with Gasteiger partial charge < -0.3 is 14.6 Å². The predicted molar refractivity (Wildman–Crippen MR) is 68.5 cm³/mol. The van der Waals surface area contributed by atoms with E-state index in [4.69, 9.17) is 0 Å². The molecular formula is C13H23NO5. The van der Waals surface area contributed by atoms with Crippen LogP contribution in [0.2, 0.25) is 0 Å². The normalized spacial score (nSPS) is 23.8. The number of rotatable bonds is 5. The summed E-state index contributed by atoms with van der Waals surface area (Å²) in [6, 6.07) is -0.194. The monoisotopic (exact) mass is 273 g/mol. The first-order chi connectivity index (χ1) is 9.08. The van der Waals surface area contributed by atoms with Gasteiger partial charge in [0.25, 0.3) is 0 Å². The third-order valence-electron chi connectivity index (χ3n) is 3.53. The number of aliphatic hydroxyl groups is 1. The van der Waals surface area contributed by atoms with Crippen molar-refractivity contribution >= 4 is 11.9 Å². The number of hydrogen-bond donors (Lipinski definition) is 1. The van der Waals surface area contributed by atoms with Crippen molar-refractivity contribution in [2.45, 2.75) is 44.2 Å². The SMILES string of the molecule is COC(=O)CN(CC(=O)OC)C1CCCCCC1O. The lowest BCUT2D eigenvalue weighted by Crippen LogP contribution is -2.48. The van der Waals surface area contributed by atoms with E-state index in [1.165, 1.54) is 14.2 Å². The zero-order chi connectivity index (χ0) is 14.3. The molecule has 0 saturated heterocycles. The third kappa shape index (κ3) is 5.16. The van der Waals surface area contributed by atoms with Crippen LogP contribution in [0.25, 0.3) is 0 Å². The molecule has 1 rings (SSSR count). The largest absolute Gasteiger partial charge is 0.468 e. The molecule has 2 unspecified atom stereocenters. The van der Waals surface area contributed by atoms with Gasteiger partial charge in [0.1, 0.15) is 0 Å². The Hall–Kier alpha value is -1.14. The second-order valence-electron chi connectivity index (χ2n) is 4.83. The molecule has 0 bridgehead atoms. The van der Waals surface area contributed by atoms with Gasteiger partial charge in [0.15, 0.2) is 0 Å². The summed E-state index contributed by atoms with van der Waals surface area (Å²) >= 11 is 0. The van der Waals surface area contributed by atoms with E-state index in [2.05, 4.69) is 9.47 Å². The highest BCUT2D eigenvalue weighted by Crippen LogP contribution is 2.22. The second-order valence-corrected chi connectivity index (χ2v) is 4.83. The average Bonchev–Trinajstić information content (AvgIpc) is 2.62. The summed E-state index contributed by atoms with van der Waals surface area (Å²) in [5.41, 5.74) is 0. The van der Waals surface area contributed by atoms with Crippen molar-refractivity contribution in [2.24, 2.45) is 0 Å². The molecule has 0 heterocycles. The molecule has 6 heteroatoms. The molecule has 1 saturated carbocycles. The van der Waals surface area contributed by atoms with Crippen molar-refractivity contribution in [2.75, 3.05) is 27.3 Å². The standard InChI is InChI=1S/C13H23NO5/c1-18-12(16)8-14(9-13(17)19-2)10-6-4-3-5-7-11(10)15/h10-11,15H,3-9H2,1-2H3. The molecule has 0 amide bonds. The van der Waals surface area contributed by atoms with Gasteiger partial charge in [-0.15, -0.1) is 0 Å². The first kappa shape index (κ1) is 15.9. The molecule has 110 valence electrons. The molecule has 0 aromatic heterocycles. The van der Waals surface area contributed by atoms with E-state index >= 15 is 0 Å². The summed E-state index contributed by atoms with van der Waals surface area (Å²) in [7, 11) is 2.62. The van der Waals surface area contributed by atoms with Gasteiger partial charge in [-0.3, -0.25) is 14.5 Å². The van der Waals surface area contributed by atoms with Crippen molar-refractivity contribution in [3.05, 3.63) is 0 Å². The molecule has 2 atom stereocenters. The fraction of sp³-hybridized carbons (Fsp3) is 0.846. The summed E-state index contributed by atoms with van der Waals surface area (Å²) in [6.45, 7) is -0.0132. The molecule has 1 aliphatic rings. The van der Waals surface area contributed by atoms with Crippen molar-refractivity contribution in [1.82, 2.24) is 4.90 Å². The number of methoxy groups -OCH3 is 2. The fourth-order valence-corrected chi connectivity index (χ4v) is 2.45. The predicted octanol–water partition coefficient (Wildman–Crippen LogP) is 0.328. The van der Waals surface area contributed by atoms with Crippen LogP contribution in [0.4, 0.5) is 0 Å². The van der Waals surface area contributed by atoms with Crippen LogP contribution in [0.5, 0.6) is 0 Å². The van der Waals surface area contributed by atoms with E-state index < -0.39 is 18.0 Å². The Bertz CT molecular complexity index is 289. The number of carbonyl (C=O) groups is 2. The highest BCUT2D eigenvalue weighted by atomic mass is 16.5. The van der Waals surface area contributed by atoms with E-state index in [-0.39, 0.29) is 19.1 Å². The summed E-state index contributed by atoms with van der Waals surface area (Å²) in [4.78, 5) is 24.5. The van der Waals surface area contributed by atoms with Gasteiger partial charge in [-0.25, -0.2) is 0 Å². The number of hydrogen-bond acceptors (Lipinski definition) is 6. The van der Waals surface area contributed by atoms with Crippen LogP contribution in [0.3, 0.4) is 0 Å². The Morgan fingerprint density at radius 2 is 1.58 bits per heavy atom. The number of esters is 2. The van der Waals surface area contributed by atoms with Crippen LogP contribution in [0.15, 0.2) is 0 Å². The van der Waals surface area contributed by atoms with Crippen LogP contribution >= 0.6 is 0 Å². The second kappa shape index (κ2) is 8.12. The van der Waals surface area contributed by atoms with E-state index in [0.717, 1.165) is 25.7 Å². The maximum absolute atomic E-state index is 11.4. The molecule has 0 spiro atoms. The Morgan fingerprint density at radius 1 is 1.05 bits per heavy atom. The third-order valence-corrected chi connectivity index (χ3v) is 3.53. The lowest BCUT2D eigenvalue weighted by atomic mass is 10.0. The molecule has 0 aromatic carbocycles. The van der Waals surface area contributed by atoms with Gasteiger partial charge in [0, 0.05) is 6.04 Å². The average molecular weight is 273 g/mol. The molecule has 6 nitrogen and oxygen atoms in total. The molecule has 0 radical (unpaired) electrons. The maximum Gasteiger partial charge on any atom is 0.319 e. The lowest BCUT2D eigenvalue weighted by Gasteiger charge is -2.32. The van der Waals surface area contributed by atoms with Gasteiger partial charge in [0.2, 0.25) is 0 Å². The molecule has 0 aliphatic heterocycles. The van der Waals surface area contributed by atoms with Crippen molar-refractivity contribution in [1.29, 1.82) is 0 Å². The number of aliphatic hydroxyl groups excluding tert-OH is 1. The Morgan fingerprint density at radius 3 is 2.11 bits per heavy atom. The summed E-state index contributed by atoms with van der Waals surface area (Å²) in [6.07, 6.45) is 3.98. The molecule has 19 heavy (non-hydrogen) atoms. The molecule has 0 aromatic rings. The van der Waals surface area contributed by atoms with E-state index in [1.807, 2.05) is 0 Å². The minimum absolute atomic E-state index is 0.00662. The zero-order valence-electron chi connectivity index (χ0n) is 11.6. The van der Waals surface area contributed by atoms with Crippen LogP contribution in [0, 0.1) is 0 Å². The van der Waals surface area contributed by atoms with Crippen molar-refractivity contribution < 1.29 is 24.2 Å². The quantitative estimate of drug-likeness (QED) is 0.574. The molecule has 1 aliphatic carbocycles. The van der Waals surface area contributed by atoms with Gasteiger partial charge in [-0.2, -0.15) is 0 Å². The Labute approximate surface area is 113 Å². The minimum Gasteiger partial charge on any atom is -0.468 e. The van der Waals surface area contributed by atoms with Gasteiger partial charge in [0.05, 0.1) is 33.4 Å². The summed E-state index contributed by atoms with van der Waals surface area (Å²) < 4.78 is 9.28. The van der Waals surface area contributed by atoms with Crippen LogP contribution < -0.4 is 0 Å². The summed E-state index contributed by atoms with van der Waals surface area (Å²) in [5, 5.41) is 10.1. The Kier molecular flexibility index (Phi) is 6.80. The maximum atomic E-state index is 11.4. The number of nitrogens with zero attached hydrogens (tertiary/aromatic N) is 1. The van der Waals surface area contributed by atoms with Crippen LogP contribution in [-0.4, -0.2) is 61.4 Å². The highest BCUT2D eigenvalue weighted by Gasteiger charge is 2.30. The van der Waals surface area contributed by atoms with E-state index in [9.17, 15) is 14.7 Å². The van der Waals surface area contributed by atoms with Crippen molar-refractivity contribution in [3.8, 4) is 0 Å². The zero-order valence-corrected chi connectivity index (χ0v) is 11.6. The first-order valence-corrected chi connectivity index (χ1v) is 6.64. The van der Waals surface area contributed by atoms with E-state index in [1.54, 1.807) is 4.90 Å². The van der Waals surface area contributed by atoms with Gasteiger partial charge >= 0.3 is 11.9 Å². The summed E-state index contributed by atoms with van der Waals surface area (Å²) in [5.74, 6) is -0.833. The topological polar surface area (TPSA) is 76.1 Å². The molecule has 1 fully saturated rings. The van der Waals surface area contributed by atoms with Crippen LogP contribution in [0.1, 0.15) is 32.1 Å². The smallest absolute Gasteiger partial charge is 0.319 e. The minimum atomic E-state index is -0.517. The number of carbonyl (C=O) groups excluding carboxylic acids is 2. The lowest BCUT2D eigenvalue weighted by molar-refractivity contribution is -0.147. The van der Waals surface area contributed by atoms with Crippen molar-refractivity contribution in [3.63, 3.8) is 0 Å². The fourth-order valence-electron chi connectivity index (χ4n) is 2.45.